The molecular formula is C10H16O. The third kappa shape index (κ3) is 3.66. The van der Waals surface area contributed by atoms with Gasteiger partial charge in [0.15, 0.2) is 0 Å². The summed E-state index contributed by atoms with van der Waals surface area (Å²) in [6.07, 6.45) is 4.77. The summed E-state index contributed by atoms with van der Waals surface area (Å²) in [4.78, 5) is 0. The Morgan fingerprint density at radius 3 is 2.36 bits per heavy atom. The Bertz CT molecular complexity index is 197. The van der Waals surface area contributed by atoms with E-state index in [9.17, 15) is 0 Å². The van der Waals surface area contributed by atoms with E-state index in [4.69, 9.17) is 5.11 Å². The first-order chi connectivity index (χ1) is 5.11. The predicted molar refractivity (Wildman–Crippen MR) is 49.6 cm³/mol. The van der Waals surface area contributed by atoms with E-state index < -0.39 is 0 Å². The van der Waals surface area contributed by atoms with Crippen molar-refractivity contribution < 1.29 is 5.11 Å². The second-order valence-corrected chi connectivity index (χ2v) is 2.50. The summed E-state index contributed by atoms with van der Waals surface area (Å²) in [5.41, 5.74) is 2.05. The second-order valence-electron chi connectivity index (χ2n) is 2.50. The molecule has 11 heavy (non-hydrogen) atoms. The highest BCUT2D eigenvalue weighted by Gasteiger charge is 1.95. The lowest BCUT2D eigenvalue weighted by Crippen LogP contribution is -1.85. The molecule has 0 fully saturated rings. The van der Waals surface area contributed by atoms with Crippen molar-refractivity contribution in [2.45, 2.75) is 27.2 Å². The molecule has 1 N–H and O–H groups in total. The summed E-state index contributed by atoms with van der Waals surface area (Å²) in [5, 5.41) is 9.07. The van der Waals surface area contributed by atoms with Gasteiger partial charge in [0.2, 0.25) is 0 Å². The van der Waals surface area contributed by atoms with Crippen LogP contribution in [0.25, 0.3) is 0 Å². The average molecular weight is 152 g/mol. The van der Waals surface area contributed by atoms with E-state index in [1.807, 2.05) is 32.9 Å². The molecule has 0 heterocycles. The predicted octanol–water partition coefficient (Wildman–Crippen LogP) is 3.36. The van der Waals surface area contributed by atoms with Crippen LogP contribution in [0.5, 0.6) is 0 Å². The summed E-state index contributed by atoms with van der Waals surface area (Å²) < 4.78 is 0. The van der Waals surface area contributed by atoms with Gasteiger partial charge in [-0.2, -0.15) is 0 Å². The van der Waals surface area contributed by atoms with E-state index in [0.29, 0.717) is 0 Å². The molecule has 62 valence electrons. The van der Waals surface area contributed by atoms with Gasteiger partial charge in [-0.05, 0) is 25.8 Å². The van der Waals surface area contributed by atoms with Gasteiger partial charge in [-0.15, -0.1) is 0 Å². The van der Waals surface area contributed by atoms with Crippen molar-refractivity contribution in [2.24, 2.45) is 0 Å². The number of aliphatic hydroxyl groups is 1. The van der Waals surface area contributed by atoms with Gasteiger partial charge >= 0.3 is 0 Å². The SMILES string of the molecule is C=C(O)/C(=C\C(C)=C/C)CC. The average Bonchev–Trinajstić information content (AvgIpc) is 1.99. The fourth-order valence-electron chi connectivity index (χ4n) is 0.748. The molecule has 0 aliphatic carbocycles. The lowest BCUT2D eigenvalue weighted by Gasteiger charge is -2.01. The van der Waals surface area contributed by atoms with Crippen molar-refractivity contribution >= 4 is 0 Å². The fourth-order valence-corrected chi connectivity index (χ4v) is 0.748. The Morgan fingerprint density at radius 2 is 2.09 bits per heavy atom. The van der Waals surface area contributed by atoms with Crippen LogP contribution < -0.4 is 0 Å². The molecule has 0 radical (unpaired) electrons. The standard InChI is InChI=1S/C10H16O/c1-5-8(3)7-10(6-2)9(4)11/h5,7,11H,4,6H2,1-3H3/b8-5-,10-7-. The molecule has 0 aromatic rings. The molecule has 0 rings (SSSR count). The van der Waals surface area contributed by atoms with Crippen LogP contribution in [0, 0.1) is 0 Å². The maximum atomic E-state index is 9.07. The number of allylic oxidation sites excluding steroid dienone is 4. The Hall–Kier alpha value is -0.980. The van der Waals surface area contributed by atoms with E-state index in [-0.39, 0.29) is 5.76 Å². The maximum absolute atomic E-state index is 9.07. The molecule has 0 saturated carbocycles. The normalized spacial score (nSPS) is 13.4. The van der Waals surface area contributed by atoms with Gasteiger partial charge in [0.05, 0.1) is 0 Å². The van der Waals surface area contributed by atoms with Crippen LogP contribution in [-0.2, 0) is 0 Å². The summed E-state index contributed by atoms with van der Waals surface area (Å²) in [6, 6.07) is 0. The van der Waals surface area contributed by atoms with E-state index in [2.05, 4.69) is 6.58 Å². The van der Waals surface area contributed by atoms with E-state index >= 15 is 0 Å². The third-order valence-electron chi connectivity index (χ3n) is 1.61. The highest BCUT2D eigenvalue weighted by Crippen LogP contribution is 2.11. The molecule has 0 bridgehead atoms. The van der Waals surface area contributed by atoms with Crippen molar-refractivity contribution in [2.75, 3.05) is 0 Å². The first-order valence-electron chi connectivity index (χ1n) is 3.83. The minimum absolute atomic E-state index is 0.175. The van der Waals surface area contributed by atoms with Crippen molar-refractivity contribution in [1.29, 1.82) is 0 Å². The van der Waals surface area contributed by atoms with Crippen molar-refractivity contribution in [3.63, 3.8) is 0 Å². The topological polar surface area (TPSA) is 20.2 Å². The van der Waals surface area contributed by atoms with Gasteiger partial charge in [0.25, 0.3) is 0 Å². The van der Waals surface area contributed by atoms with Gasteiger partial charge in [0, 0.05) is 0 Å². The largest absolute Gasteiger partial charge is 0.508 e. The number of hydrogen-bond donors (Lipinski definition) is 1. The minimum atomic E-state index is 0.175. The molecule has 0 unspecified atom stereocenters. The monoisotopic (exact) mass is 152 g/mol. The summed E-state index contributed by atoms with van der Waals surface area (Å²) >= 11 is 0. The first-order valence-corrected chi connectivity index (χ1v) is 3.83. The molecule has 0 atom stereocenters. The quantitative estimate of drug-likeness (QED) is 0.485. The molecule has 0 spiro atoms. The molecule has 0 aromatic carbocycles. The molecule has 0 aliphatic heterocycles. The highest BCUT2D eigenvalue weighted by molar-refractivity contribution is 5.30. The number of hydrogen-bond acceptors (Lipinski definition) is 1. The molecule has 0 saturated heterocycles. The van der Waals surface area contributed by atoms with E-state index in [1.54, 1.807) is 0 Å². The first kappa shape index (κ1) is 10.0. The van der Waals surface area contributed by atoms with Crippen LogP contribution in [0.2, 0.25) is 0 Å². The van der Waals surface area contributed by atoms with Crippen LogP contribution in [0.4, 0.5) is 0 Å². The van der Waals surface area contributed by atoms with Gasteiger partial charge in [-0.1, -0.05) is 31.2 Å². The lowest BCUT2D eigenvalue weighted by molar-refractivity contribution is 0.423. The zero-order valence-electron chi connectivity index (χ0n) is 7.52. The zero-order chi connectivity index (χ0) is 8.85. The summed E-state index contributed by atoms with van der Waals surface area (Å²) in [7, 11) is 0. The smallest absolute Gasteiger partial charge is 0.111 e. The van der Waals surface area contributed by atoms with Gasteiger partial charge in [-0.25, -0.2) is 0 Å². The maximum Gasteiger partial charge on any atom is 0.111 e. The summed E-state index contributed by atoms with van der Waals surface area (Å²) in [6.45, 7) is 9.44. The van der Waals surface area contributed by atoms with Crippen LogP contribution in [0.15, 0.2) is 35.6 Å². The Morgan fingerprint density at radius 1 is 1.55 bits per heavy atom. The minimum Gasteiger partial charge on any atom is -0.508 e. The van der Waals surface area contributed by atoms with Crippen LogP contribution >= 0.6 is 0 Å². The van der Waals surface area contributed by atoms with E-state index in [1.165, 1.54) is 0 Å². The van der Waals surface area contributed by atoms with Gasteiger partial charge in [-0.3, -0.25) is 0 Å². The van der Waals surface area contributed by atoms with Crippen molar-refractivity contribution in [3.8, 4) is 0 Å². The Kier molecular flexibility index (Phi) is 4.35. The van der Waals surface area contributed by atoms with Gasteiger partial charge < -0.3 is 5.11 Å². The van der Waals surface area contributed by atoms with Crippen molar-refractivity contribution in [3.05, 3.63) is 35.6 Å². The summed E-state index contributed by atoms with van der Waals surface area (Å²) in [5.74, 6) is 0.175. The Balaban J connectivity index is 4.49. The molecule has 0 amide bonds. The lowest BCUT2D eigenvalue weighted by atomic mass is 10.1. The molecule has 1 heteroatoms. The fraction of sp³-hybridized carbons (Fsp3) is 0.400. The van der Waals surface area contributed by atoms with Crippen LogP contribution in [0.1, 0.15) is 27.2 Å². The van der Waals surface area contributed by atoms with Crippen molar-refractivity contribution in [1.82, 2.24) is 0 Å². The second kappa shape index (κ2) is 4.78. The van der Waals surface area contributed by atoms with E-state index in [0.717, 1.165) is 17.6 Å². The van der Waals surface area contributed by atoms with Crippen LogP contribution in [-0.4, -0.2) is 5.11 Å². The molecule has 1 nitrogen and oxygen atoms in total. The molecule has 0 aliphatic rings. The highest BCUT2D eigenvalue weighted by atomic mass is 16.3. The number of rotatable bonds is 3. The third-order valence-corrected chi connectivity index (χ3v) is 1.61. The number of aliphatic hydroxyl groups excluding tert-OH is 1. The van der Waals surface area contributed by atoms with Gasteiger partial charge in [0.1, 0.15) is 5.76 Å². The van der Waals surface area contributed by atoms with Crippen LogP contribution in [0.3, 0.4) is 0 Å². The molecular weight excluding hydrogens is 136 g/mol. The Labute approximate surface area is 68.7 Å². The molecule has 0 aromatic heterocycles. The zero-order valence-corrected chi connectivity index (χ0v) is 7.52.